The highest BCUT2D eigenvalue weighted by molar-refractivity contribution is 5.76. The van der Waals surface area contributed by atoms with Gasteiger partial charge in [0.05, 0.1) is 0 Å². The zero-order valence-corrected chi connectivity index (χ0v) is 9.87. The molecule has 0 aromatic rings. The molecule has 1 atom stereocenters. The summed E-state index contributed by atoms with van der Waals surface area (Å²) >= 11 is 0. The molecule has 2 aliphatic rings. The van der Waals surface area contributed by atoms with Gasteiger partial charge in [0.25, 0.3) is 0 Å². The largest absolute Gasteiger partial charge is 0.481 e. The fourth-order valence-electron chi connectivity index (χ4n) is 2.73. The number of halogens is 3. The Hall–Kier alpha value is -0.820. The van der Waals surface area contributed by atoms with Crippen molar-refractivity contribution < 1.29 is 27.8 Å². The van der Waals surface area contributed by atoms with Crippen LogP contribution in [0.1, 0.15) is 19.3 Å². The molecule has 0 spiro atoms. The molecule has 0 aromatic carbocycles. The lowest BCUT2D eigenvalue weighted by atomic mass is 9.86. The molecule has 0 bridgehead atoms. The predicted molar refractivity (Wildman–Crippen MR) is 56.2 cm³/mol. The summed E-state index contributed by atoms with van der Waals surface area (Å²) < 4.78 is 44.1. The third kappa shape index (κ3) is 2.21. The van der Waals surface area contributed by atoms with E-state index in [-0.39, 0.29) is 19.0 Å². The molecule has 0 saturated carbocycles. The second kappa shape index (κ2) is 4.70. The Morgan fingerprint density at radius 2 is 1.94 bits per heavy atom. The van der Waals surface area contributed by atoms with Gasteiger partial charge in [0, 0.05) is 25.8 Å². The molecule has 4 nitrogen and oxygen atoms in total. The van der Waals surface area contributed by atoms with Crippen LogP contribution >= 0.6 is 0 Å². The first-order valence-corrected chi connectivity index (χ1v) is 5.99. The molecule has 0 aromatic heterocycles. The van der Waals surface area contributed by atoms with Crippen molar-refractivity contribution in [1.29, 1.82) is 0 Å². The lowest BCUT2D eigenvalue weighted by Crippen LogP contribution is -2.48. The van der Waals surface area contributed by atoms with Gasteiger partial charge in [-0.05, 0) is 25.8 Å². The predicted octanol–water partition coefficient (Wildman–Crippen LogP) is 1.50. The summed E-state index contributed by atoms with van der Waals surface area (Å²) in [6, 6.07) is 0.0160. The van der Waals surface area contributed by atoms with Gasteiger partial charge in [0.2, 0.25) is 0 Å². The van der Waals surface area contributed by atoms with Gasteiger partial charge in [0.15, 0.2) is 5.41 Å². The summed E-state index contributed by atoms with van der Waals surface area (Å²) in [7, 11) is 0. The van der Waals surface area contributed by atoms with E-state index in [1.165, 1.54) is 0 Å². The summed E-state index contributed by atoms with van der Waals surface area (Å²) in [6.45, 7) is 0.827. The highest BCUT2D eigenvalue weighted by Crippen LogP contribution is 2.46. The molecule has 2 aliphatic heterocycles. The van der Waals surface area contributed by atoms with E-state index in [1.807, 2.05) is 0 Å². The van der Waals surface area contributed by atoms with Crippen LogP contribution in [0.25, 0.3) is 0 Å². The molecule has 104 valence electrons. The Morgan fingerprint density at radius 3 is 2.39 bits per heavy atom. The number of carboxylic acid groups (broad SMARTS) is 1. The zero-order valence-electron chi connectivity index (χ0n) is 9.87. The van der Waals surface area contributed by atoms with Crippen LogP contribution in [0.5, 0.6) is 0 Å². The monoisotopic (exact) mass is 267 g/mol. The second-order valence-corrected chi connectivity index (χ2v) is 4.95. The van der Waals surface area contributed by atoms with Gasteiger partial charge in [-0.2, -0.15) is 13.2 Å². The van der Waals surface area contributed by atoms with Crippen molar-refractivity contribution in [2.45, 2.75) is 31.5 Å². The molecule has 0 aliphatic carbocycles. The van der Waals surface area contributed by atoms with Crippen LogP contribution in [0.2, 0.25) is 0 Å². The van der Waals surface area contributed by atoms with E-state index >= 15 is 0 Å². The van der Waals surface area contributed by atoms with Crippen LogP contribution in [0.15, 0.2) is 0 Å². The molecule has 2 saturated heterocycles. The maximum Gasteiger partial charge on any atom is 0.406 e. The van der Waals surface area contributed by atoms with Gasteiger partial charge in [-0.3, -0.25) is 9.69 Å². The molecule has 0 amide bonds. The molecule has 2 fully saturated rings. The summed E-state index contributed by atoms with van der Waals surface area (Å²) in [5.41, 5.74) is -2.59. The van der Waals surface area contributed by atoms with Crippen LogP contribution in [0.4, 0.5) is 13.2 Å². The first-order valence-electron chi connectivity index (χ1n) is 5.99. The number of aliphatic carboxylic acids is 1. The van der Waals surface area contributed by atoms with Gasteiger partial charge in [-0.1, -0.05) is 0 Å². The number of ether oxygens (including phenoxy) is 1. The highest BCUT2D eigenvalue weighted by Gasteiger charge is 2.64. The molecule has 2 heterocycles. The van der Waals surface area contributed by atoms with Gasteiger partial charge >= 0.3 is 12.1 Å². The fourth-order valence-corrected chi connectivity index (χ4v) is 2.73. The Morgan fingerprint density at radius 1 is 1.33 bits per heavy atom. The number of carboxylic acids is 1. The Balaban J connectivity index is 2.11. The van der Waals surface area contributed by atoms with E-state index < -0.39 is 24.1 Å². The topological polar surface area (TPSA) is 49.8 Å². The minimum Gasteiger partial charge on any atom is -0.481 e. The molecule has 18 heavy (non-hydrogen) atoms. The van der Waals surface area contributed by atoms with Gasteiger partial charge in [-0.25, -0.2) is 0 Å². The first-order chi connectivity index (χ1) is 8.37. The normalized spacial score (nSPS) is 31.7. The number of alkyl halides is 3. The molecule has 2 rings (SSSR count). The van der Waals surface area contributed by atoms with Crippen molar-refractivity contribution in [3.05, 3.63) is 0 Å². The maximum atomic E-state index is 13.0. The number of hydrogen-bond donors (Lipinski definition) is 1. The van der Waals surface area contributed by atoms with Crippen LogP contribution < -0.4 is 0 Å². The zero-order chi connectivity index (χ0) is 13.4. The standard InChI is InChI=1S/C11H16F3NO3/c12-11(13,14)10(9(16)17)3-4-15(7-10)8-1-5-18-6-2-8/h8H,1-7H2,(H,16,17). The van der Waals surface area contributed by atoms with Crippen LogP contribution in [-0.4, -0.2) is 54.5 Å². The van der Waals surface area contributed by atoms with Crippen molar-refractivity contribution in [3.8, 4) is 0 Å². The van der Waals surface area contributed by atoms with Crippen LogP contribution in [-0.2, 0) is 9.53 Å². The van der Waals surface area contributed by atoms with Crippen LogP contribution in [0.3, 0.4) is 0 Å². The number of carbonyl (C=O) groups is 1. The third-order valence-electron chi connectivity index (χ3n) is 3.96. The van der Waals surface area contributed by atoms with Gasteiger partial charge < -0.3 is 9.84 Å². The Bertz CT molecular complexity index is 328. The van der Waals surface area contributed by atoms with E-state index in [0.29, 0.717) is 26.1 Å². The molecule has 1 unspecified atom stereocenters. The molecule has 0 radical (unpaired) electrons. The van der Waals surface area contributed by atoms with Crippen molar-refractivity contribution >= 4 is 5.97 Å². The smallest absolute Gasteiger partial charge is 0.406 e. The molecular formula is C11H16F3NO3. The van der Waals surface area contributed by atoms with E-state index in [4.69, 9.17) is 9.84 Å². The van der Waals surface area contributed by atoms with E-state index in [1.54, 1.807) is 4.90 Å². The molecular weight excluding hydrogens is 251 g/mol. The molecule has 1 N–H and O–H groups in total. The second-order valence-electron chi connectivity index (χ2n) is 4.95. The van der Waals surface area contributed by atoms with Crippen molar-refractivity contribution in [2.75, 3.05) is 26.3 Å². The Labute approximate surface area is 103 Å². The number of rotatable bonds is 2. The highest BCUT2D eigenvalue weighted by atomic mass is 19.4. The minimum absolute atomic E-state index is 0.0160. The average Bonchev–Trinajstić information content (AvgIpc) is 2.75. The van der Waals surface area contributed by atoms with E-state index in [2.05, 4.69) is 0 Å². The van der Waals surface area contributed by atoms with Crippen molar-refractivity contribution in [2.24, 2.45) is 5.41 Å². The van der Waals surface area contributed by atoms with Crippen LogP contribution in [0, 0.1) is 5.41 Å². The number of likely N-dealkylation sites (tertiary alicyclic amines) is 1. The van der Waals surface area contributed by atoms with Crippen molar-refractivity contribution in [3.63, 3.8) is 0 Å². The lowest BCUT2D eigenvalue weighted by Gasteiger charge is -2.33. The minimum atomic E-state index is -4.70. The summed E-state index contributed by atoms with van der Waals surface area (Å²) in [4.78, 5) is 12.7. The van der Waals surface area contributed by atoms with E-state index in [0.717, 1.165) is 0 Å². The number of nitrogens with zero attached hydrogens (tertiary/aromatic N) is 1. The molecule has 7 heteroatoms. The maximum absolute atomic E-state index is 13.0. The average molecular weight is 267 g/mol. The lowest BCUT2D eigenvalue weighted by molar-refractivity contribution is -0.228. The van der Waals surface area contributed by atoms with Gasteiger partial charge in [-0.15, -0.1) is 0 Å². The quantitative estimate of drug-likeness (QED) is 0.824. The summed E-state index contributed by atoms with van der Waals surface area (Å²) in [5, 5.41) is 8.94. The first kappa shape index (κ1) is 13.6. The fraction of sp³-hybridized carbons (Fsp3) is 0.909. The third-order valence-corrected chi connectivity index (χ3v) is 3.96. The van der Waals surface area contributed by atoms with E-state index in [9.17, 15) is 18.0 Å². The number of hydrogen-bond acceptors (Lipinski definition) is 3. The van der Waals surface area contributed by atoms with Crippen molar-refractivity contribution in [1.82, 2.24) is 4.90 Å². The summed E-state index contributed by atoms with van der Waals surface area (Å²) in [5.74, 6) is -1.76. The van der Waals surface area contributed by atoms with Gasteiger partial charge in [0.1, 0.15) is 0 Å². The Kier molecular flexibility index (Phi) is 3.55. The summed E-state index contributed by atoms with van der Waals surface area (Å²) in [6.07, 6.45) is -3.71. The SMILES string of the molecule is O=C(O)C1(C(F)(F)F)CCN(C2CCOCC2)C1.